The van der Waals surface area contributed by atoms with Crippen molar-refractivity contribution in [2.45, 2.75) is 25.4 Å². The minimum absolute atomic E-state index is 0.361. The zero-order valence-corrected chi connectivity index (χ0v) is 10.2. The minimum Gasteiger partial charge on any atom is -0.391 e. The van der Waals surface area contributed by atoms with E-state index < -0.39 is 0 Å². The van der Waals surface area contributed by atoms with Gasteiger partial charge in [0.1, 0.15) is 6.10 Å². The number of hydrogen-bond donors (Lipinski definition) is 0. The first-order chi connectivity index (χ1) is 8.33. The summed E-state index contributed by atoms with van der Waals surface area (Å²) in [5.41, 5.74) is 2.33. The molecule has 2 saturated carbocycles. The summed E-state index contributed by atoms with van der Waals surface area (Å²) in [5, 5.41) is 5.11. The lowest BCUT2D eigenvalue weighted by atomic mass is 9.81. The molecule has 0 saturated heterocycles. The third-order valence-electron chi connectivity index (χ3n) is 4.57. The number of nitrogens with zero attached hydrogens (tertiary/aromatic N) is 1. The number of halogens is 1. The Balaban J connectivity index is 1.69. The third-order valence-corrected chi connectivity index (χ3v) is 4.82. The highest BCUT2D eigenvalue weighted by molar-refractivity contribution is 6.30. The highest BCUT2D eigenvalue weighted by Gasteiger charge is 2.54. The fourth-order valence-electron chi connectivity index (χ4n) is 3.81. The molecule has 2 aliphatic carbocycles. The van der Waals surface area contributed by atoms with Crippen molar-refractivity contribution in [1.82, 2.24) is 0 Å². The fraction of sp³-hybridized carbons (Fsp3) is 0.500. The van der Waals surface area contributed by atoms with Gasteiger partial charge in [0, 0.05) is 10.9 Å². The lowest BCUT2D eigenvalue weighted by Gasteiger charge is -2.23. The van der Waals surface area contributed by atoms with E-state index in [0.29, 0.717) is 12.0 Å². The molecule has 17 heavy (non-hydrogen) atoms. The van der Waals surface area contributed by atoms with Gasteiger partial charge in [-0.05, 0) is 48.8 Å². The second kappa shape index (κ2) is 3.49. The summed E-state index contributed by atoms with van der Waals surface area (Å²) in [6.45, 7) is 0. The monoisotopic (exact) mass is 247 g/mol. The minimum atomic E-state index is 0.361. The highest BCUT2D eigenvalue weighted by atomic mass is 35.5. The second-order valence-electron chi connectivity index (χ2n) is 5.41. The maximum Gasteiger partial charge on any atom is 0.139 e. The van der Waals surface area contributed by atoms with Crippen molar-refractivity contribution >= 4 is 17.3 Å². The molecule has 2 bridgehead atoms. The van der Waals surface area contributed by atoms with Crippen molar-refractivity contribution < 1.29 is 4.84 Å². The van der Waals surface area contributed by atoms with Gasteiger partial charge < -0.3 is 4.84 Å². The van der Waals surface area contributed by atoms with Gasteiger partial charge in [0.15, 0.2) is 0 Å². The quantitative estimate of drug-likeness (QED) is 0.745. The average molecular weight is 248 g/mol. The average Bonchev–Trinajstić information content (AvgIpc) is 3.02. The van der Waals surface area contributed by atoms with E-state index in [0.717, 1.165) is 22.6 Å². The topological polar surface area (TPSA) is 21.6 Å². The van der Waals surface area contributed by atoms with Gasteiger partial charge in [-0.3, -0.25) is 0 Å². The van der Waals surface area contributed by atoms with Crippen LogP contribution in [0.3, 0.4) is 0 Å². The van der Waals surface area contributed by atoms with Gasteiger partial charge in [-0.25, -0.2) is 0 Å². The normalized spacial score (nSPS) is 37.8. The molecule has 0 spiro atoms. The summed E-state index contributed by atoms with van der Waals surface area (Å²) in [4.78, 5) is 5.66. The molecule has 3 aliphatic rings. The van der Waals surface area contributed by atoms with Crippen LogP contribution in [0.2, 0.25) is 5.02 Å². The summed E-state index contributed by atoms with van der Waals surface area (Å²) in [6, 6.07) is 7.97. The molecule has 2 nitrogen and oxygen atoms in total. The van der Waals surface area contributed by atoms with Crippen molar-refractivity contribution in [1.29, 1.82) is 0 Å². The first kappa shape index (κ1) is 9.95. The Morgan fingerprint density at radius 3 is 2.71 bits per heavy atom. The molecule has 0 aromatic heterocycles. The van der Waals surface area contributed by atoms with E-state index >= 15 is 0 Å². The number of fused-ring (bicyclic) bond motifs is 5. The Kier molecular flexibility index (Phi) is 2.04. The van der Waals surface area contributed by atoms with Crippen LogP contribution in [-0.2, 0) is 4.84 Å². The standard InChI is InChI=1S/C14H14ClNO/c15-11-5-3-8(4-6-11)13-12-9-1-2-10(7-9)14(12)17-16-13/h3-6,9-10,12,14H,1-2,7H2/t9-,10+,12+,14+/m0/s1. The smallest absolute Gasteiger partial charge is 0.139 e. The van der Waals surface area contributed by atoms with Crippen molar-refractivity contribution in [2.75, 3.05) is 0 Å². The number of benzene rings is 1. The lowest BCUT2D eigenvalue weighted by molar-refractivity contribution is 0.0275. The van der Waals surface area contributed by atoms with Crippen LogP contribution in [0.25, 0.3) is 0 Å². The molecule has 0 N–H and O–H groups in total. The Hall–Kier alpha value is -1.02. The Morgan fingerprint density at radius 2 is 1.88 bits per heavy atom. The molecule has 0 amide bonds. The van der Waals surface area contributed by atoms with E-state index in [1.165, 1.54) is 24.8 Å². The van der Waals surface area contributed by atoms with E-state index in [9.17, 15) is 0 Å². The zero-order valence-electron chi connectivity index (χ0n) is 9.47. The van der Waals surface area contributed by atoms with Crippen LogP contribution in [-0.4, -0.2) is 11.8 Å². The molecule has 88 valence electrons. The van der Waals surface area contributed by atoms with Gasteiger partial charge in [-0.1, -0.05) is 28.9 Å². The summed E-state index contributed by atoms with van der Waals surface area (Å²) < 4.78 is 0. The first-order valence-electron chi connectivity index (χ1n) is 6.32. The Labute approximate surface area is 106 Å². The van der Waals surface area contributed by atoms with Crippen molar-refractivity contribution in [3.63, 3.8) is 0 Å². The Bertz CT molecular complexity index is 482. The van der Waals surface area contributed by atoms with E-state index in [4.69, 9.17) is 16.4 Å². The largest absolute Gasteiger partial charge is 0.391 e. The second-order valence-corrected chi connectivity index (χ2v) is 5.85. The van der Waals surface area contributed by atoms with Crippen LogP contribution < -0.4 is 0 Å². The van der Waals surface area contributed by atoms with Crippen molar-refractivity contribution in [3.8, 4) is 0 Å². The summed E-state index contributed by atoms with van der Waals surface area (Å²) >= 11 is 5.92. The summed E-state index contributed by atoms with van der Waals surface area (Å²) in [6.07, 6.45) is 4.37. The van der Waals surface area contributed by atoms with Crippen molar-refractivity contribution in [2.24, 2.45) is 22.9 Å². The van der Waals surface area contributed by atoms with Crippen LogP contribution in [0.5, 0.6) is 0 Å². The molecule has 1 aromatic rings. The molecular formula is C14H14ClNO. The molecule has 4 rings (SSSR count). The molecule has 3 heteroatoms. The molecule has 1 heterocycles. The van der Waals surface area contributed by atoms with E-state index in [1.54, 1.807) is 0 Å². The van der Waals surface area contributed by atoms with Crippen LogP contribution in [0.1, 0.15) is 24.8 Å². The van der Waals surface area contributed by atoms with Gasteiger partial charge in [0.2, 0.25) is 0 Å². The van der Waals surface area contributed by atoms with Gasteiger partial charge >= 0.3 is 0 Å². The van der Waals surface area contributed by atoms with E-state index in [-0.39, 0.29) is 0 Å². The zero-order chi connectivity index (χ0) is 11.4. The van der Waals surface area contributed by atoms with Crippen LogP contribution in [0, 0.1) is 17.8 Å². The molecule has 0 unspecified atom stereocenters. The molecule has 2 fully saturated rings. The SMILES string of the molecule is Clc1ccc(C2=NO[C@@H]3[C@@H]4CC[C@@H](C4)[C@H]23)cc1. The van der Waals surface area contributed by atoms with E-state index in [1.807, 2.05) is 12.1 Å². The number of rotatable bonds is 1. The first-order valence-corrected chi connectivity index (χ1v) is 6.70. The van der Waals surface area contributed by atoms with Crippen molar-refractivity contribution in [3.05, 3.63) is 34.9 Å². The number of oxime groups is 1. The van der Waals surface area contributed by atoms with Crippen LogP contribution in [0.15, 0.2) is 29.4 Å². The molecule has 4 atom stereocenters. The summed E-state index contributed by atoms with van der Waals surface area (Å²) in [5.74, 6) is 2.08. The predicted octanol–water partition coefficient (Wildman–Crippen LogP) is 3.49. The lowest BCUT2D eigenvalue weighted by Crippen LogP contribution is -2.29. The molecular weight excluding hydrogens is 234 g/mol. The molecule has 0 radical (unpaired) electrons. The predicted molar refractivity (Wildman–Crippen MR) is 67.2 cm³/mol. The van der Waals surface area contributed by atoms with Gasteiger partial charge in [-0.2, -0.15) is 0 Å². The van der Waals surface area contributed by atoms with Gasteiger partial charge in [0.05, 0.1) is 5.71 Å². The molecule has 1 aromatic carbocycles. The van der Waals surface area contributed by atoms with Gasteiger partial charge in [-0.15, -0.1) is 0 Å². The van der Waals surface area contributed by atoms with Crippen LogP contribution >= 0.6 is 11.6 Å². The number of hydrogen-bond acceptors (Lipinski definition) is 2. The highest BCUT2D eigenvalue weighted by Crippen LogP contribution is 2.53. The maximum atomic E-state index is 5.92. The maximum absolute atomic E-state index is 5.92. The fourth-order valence-corrected chi connectivity index (χ4v) is 3.94. The summed E-state index contributed by atoms with van der Waals surface area (Å²) in [7, 11) is 0. The van der Waals surface area contributed by atoms with Crippen LogP contribution in [0.4, 0.5) is 0 Å². The van der Waals surface area contributed by atoms with Gasteiger partial charge in [0.25, 0.3) is 0 Å². The molecule has 1 aliphatic heterocycles. The van der Waals surface area contributed by atoms with E-state index in [2.05, 4.69) is 17.3 Å². The third kappa shape index (κ3) is 1.37. The Morgan fingerprint density at radius 1 is 1.12 bits per heavy atom.